The Balaban J connectivity index is 1.53. The molecule has 1 aliphatic heterocycles. The van der Waals surface area contributed by atoms with Gasteiger partial charge in [0.05, 0.1) is 17.2 Å². The van der Waals surface area contributed by atoms with Crippen LogP contribution < -0.4 is 5.32 Å². The zero-order valence-electron chi connectivity index (χ0n) is 21.3. The largest absolute Gasteiger partial charge is 0.416 e. The number of aromatic nitrogens is 2. The van der Waals surface area contributed by atoms with Gasteiger partial charge in [-0.05, 0) is 71.2 Å². The molecule has 1 saturated carbocycles. The van der Waals surface area contributed by atoms with Crippen molar-refractivity contribution in [3.05, 3.63) is 30.1 Å². The van der Waals surface area contributed by atoms with Crippen molar-refractivity contribution in [2.75, 3.05) is 18.9 Å². The van der Waals surface area contributed by atoms with Gasteiger partial charge in [0.2, 0.25) is 5.91 Å². The highest BCUT2D eigenvalue weighted by Crippen LogP contribution is 2.37. The lowest BCUT2D eigenvalue weighted by molar-refractivity contribution is -0.137. The topological polar surface area (TPSA) is 81.6 Å². The first-order valence-electron chi connectivity index (χ1n) is 12.8. The van der Waals surface area contributed by atoms with E-state index in [4.69, 9.17) is 0 Å². The number of anilines is 1. The van der Waals surface area contributed by atoms with Crippen LogP contribution >= 0.6 is 0 Å². The van der Waals surface area contributed by atoms with Crippen LogP contribution in [-0.2, 0) is 11.0 Å². The summed E-state index contributed by atoms with van der Waals surface area (Å²) in [5.41, 5.74) is -0.409. The molecular formula is C26H36F3N5O2. The van der Waals surface area contributed by atoms with E-state index < -0.39 is 23.9 Å². The highest BCUT2D eigenvalue weighted by molar-refractivity contribution is 5.93. The van der Waals surface area contributed by atoms with Crippen molar-refractivity contribution in [1.29, 1.82) is 0 Å². The van der Waals surface area contributed by atoms with Crippen LogP contribution in [0.4, 0.5) is 19.0 Å². The van der Waals surface area contributed by atoms with Crippen molar-refractivity contribution in [3.63, 3.8) is 0 Å². The fourth-order valence-electron chi connectivity index (χ4n) is 5.74. The number of nitrogens with one attached hydrogen (secondary N) is 1. The highest BCUT2D eigenvalue weighted by Gasteiger charge is 2.44. The molecule has 1 amide bonds. The molecule has 2 aromatic rings. The molecule has 2 aliphatic rings. The molecule has 5 unspecified atom stereocenters. The number of carbonyl (C=O) groups excluding carboxylic acids is 1. The molecule has 2 N–H and O–H groups in total. The standard InChI is InChI=1S/C26H36F3N5O2/c1-5-23(35)19-13-17(33(4)15(2)3)7-9-22(19)34-11-10-21(25(34)36)32-24-18-12-16(26(27,28)29)6-8-20(18)30-14-31-24/h6,8,12,14-15,17,19,21-23,35H,5,7,9-11,13H2,1-4H3,(H,30,31,32). The third-order valence-corrected chi connectivity index (χ3v) is 8.05. The van der Waals surface area contributed by atoms with Crippen LogP contribution in [0.25, 0.3) is 10.9 Å². The van der Waals surface area contributed by atoms with Crippen molar-refractivity contribution >= 4 is 22.6 Å². The quantitative estimate of drug-likeness (QED) is 0.581. The monoisotopic (exact) mass is 507 g/mol. The van der Waals surface area contributed by atoms with Crippen LogP contribution in [0.3, 0.4) is 0 Å². The van der Waals surface area contributed by atoms with Crippen molar-refractivity contribution in [2.45, 2.75) is 89.3 Å². The first-order valence-corrected chi connectivity index (χ1v) is 12.8. The lowest BCUT2D eigenvalue weighted by Gasteiger charge is -2.46. The Labute approximate surface area is 210 Å². The number of halogens is 3. The molecule has 4 rings (SSSR count). The van der Waals surface area contributed by atoms with E-state index in [1.807, 2.05) is 11.8 Å². The van der Waals surface area contributed by atoms with E-state index in [-0.39, 0.29) is 29.1 Å². The van der Waals surface area contributed by atoms with Crippen LogP contribution in [-0.4, -0.2) is 74.6 Å². The SMILES string of the molecule is CCC(O)C1CC(N(C)C(C)C)CCC1N1CCC(Nc2ncnc3ccc(C(F)(F)F)cc23)C1=O. The van der Waals surface area contributed by atoms with Crippen molar-refractivity contribution in [3.8, 4) is 0 Å². The number of likely N-dealkylation sites (tertiary alicyclic amines) is 1. The Hall–Kier alpha value is -2.46. The van der Waals surface area contributed by atoms with E-state index in [2.05, 4.69) is 41.1 Å². The van der Waals surface area contributed by atoms with E-state index in [1.165, 1.54) is 12.4 Å². The number of aliphatic hydroxyl groups is 1. The maximum Gasteiger partial charge on any atom is 0.416 e. The number of hydrogen-bond acceptors (Lipinski definition) is 6. The Morgan fingerprint density at radius 1 is 1.22 bits per heavy atom. The van der Waals surface area contributed by atoms with Gasteiger partial charge in [0.1, 0.15) is 18.2 Å². The summed E-state index contributed by atoms with van der Waals surface area (Å²) in [5, 5.41) is 14.2. The first kappa shape index (κ1) is 26.6. The smallest absolute Gasteiger partial charge is 0.393 e. The van der Waals surface area contributed by atoms with Gasteiger partial charge in [0.15, 0.2) is 0 Å². The van der Waals surface area contributed by atoms with Crippen molar-refractivity contribution < 1.29 is 23.1 Å². The molecule has 0 spiro atoms. The van der Waals surface area contributed by atoms with E-state index in [0.717, 1.165) is 31.4 Å². The summed E-state index contributed by atoms with van der Waals surface area (Å²) in [6.45, 7) is 6.82. The Kier molecular flexibility index (Phi) is 7.75. The Bertz CT molecular complexity index is 1080. The maximum atomic E-state index is 13.5. The number of amides is 1. The number of hydrogen-bond donors (Lipinski definition) is 2. The van der Waals surface area contributed by atoms with Gasteiger partial charge in [-0.1, -0.05) is 6.92 Å². The van der Waals surface area contributed by atoms with Crippen LogP contribution in [0, 0.1) is 5.92 Å². The minimum Gasteiger partial charge on any atom is -0.393 e. The molecule has 1 aromatic carbocycles. The molecule has 1 aromatic heterocycles. The third kappa shape index (κ3) is 5.29. The fraction of sp³-hybridized carbons (Fsp3) is 0.654. The molecule has 10 heteroatoms. The van der Waals surface area contributed by atoms with E-state index in [1.54, 1.807) is 0 Å². The van der Waals surface area contributed by atoms with E-state index >= 15 is 0 Å². The average Bonchev–Trinajstić information content (AvgIpc) is 3.21. The molecule has 5 atom stereocenters. The zero-order valence-corrected chi connectivity index (χ0v) is 21.3. The van der Waals surface area contributed by atoms with Gasteiger partial charge in [0.25, 0.3) is 0 Å². The van der Waals surface area contributed by atoms with E-state index in [9.17, 15) is 23.1 Å². The molecule has 36 heavy (non-hydrogen) atoms. The van der Waals surface area contributed by atoms with Crippen molar-refractivity contribution in [1.82, 2.24) is 19.8 Å². The van der Waals surface area contributed by atoms with Gasteiger partial charge in [-0.25, -0.2) is 9.97 Å². The van der Waals surface area contributed by atoms with Crippen LogP contribution in [0.5, 0.6) is 0 Å². The lowest BCUT2D eigenvalue weighted by Crippen LogP contribution is -2.53. The second-order valence-corrected chi connectivity index (χ2v) is 10.4. The molecule has 1 saturated heterocycles. The predicted molar refractivity (Wildman–Crippen MR) is 132 cm³/mol. The zero-order chi connectivity index (χ0) is 26.2. The summed E-state index contributed by atoms with van der Waals surface area (Å²) in [6.07, 6.45) is 0.0331. The molecule has 198 valence electrons. The summed E-state index contributed by atoms with van der Waals surface area (Å²) >= 11 is 0. The van der Waals surface area contributed by atoms with Gasteiger partial charge in [0, 0.05) is 36.0 Å². The normalized spacial score (nSPS) is 26.3. The second kappa shape index (κ2) is 10.5. The third-order valence-electron chi connectivity index (χ3n) is 8.05. The molecule has 1 aliphatic carbocycles. The summed E-state index contributed by atoms with van der Waals surface area (Å²) < 4.78 is 39.8. The Morgan fingerprint density at radius 3 is 2.64 bits per heavy atom. The molecule has 7 nitrogen and oxygen atoms in total. The summed E-state index contributed by atoms with van der Waals surface area (Å²) in [6, 6.07) is 3.44. The molecular weight excluding hydrogens is 471 g/mol. The minimum atomic E-state index is -4.49. The summed E-state index contributed by atoms with van der Waals surface area (Å²) in [5.74, 6) is 0.105. The molecule has 0 radical (unpaired) electrons. The van der Waals surface area contributed by atoms with Gasteiger partial charge in [-0.2, -0.15) is 13.2 Å². The number of nitrogens with zero attached hydrogens (tertiary/aromatic N) is 4. The van der Waals surface area contributed by atoms with Crippen molar-refractivity contribution in [2.24, 2.45) is 5.92 Å². The minimum absolute atomic E-state index is 0.0214. The lowest BCUT2D eigenvalue weighted by atomic mass is 9.76. The fourth-order valence-corrected chi connectivity index (χ4v) is 5.74. The van der Waals surface area contributed by atoms with Crippen LogP contribution in [0.2, 0.25) is 0 Å². The first-order chi connectivity index (χ1) is 17.0. The number of benzene rings is 1. The highest BCUT2D eigenvalue weighted by atomic mass is 19.4. The Morgan fingerprint density at radius 2 is 1.97 bits per heavy atom. The maximum absolute atomic E-state index is 13.5. The van der Waals surface area contributed by atoms with E-state index in [0.29, 0.717) is 37.0 Å². The molecule has 2 heterocycles. The van der Waals surface area contributed by atoms with Crippen LogP contribution in [0.1, 0.15) is 58.4 Å². The van der Waals surface area contributed by atoms with Gasteiger partial charge < -0.3 is 20.2 Å². The van der Waals surface area contributed by atoms with Gasteiger partial charge in [-0.3, -0.25) is 4.79 Å². The number of fused-ring (bicyclic) bond motifs is 1. The number of alkyl halides is 3. The molecule has 2 fully saturated rings. The number of aliphatic hydroxyl groups excluding tert-OH is 1. The van der Waals surface area contributed by atoms with Crippen LogP contribution in [0.15, 0.2) is 24.5 Å². The average molecular weight is 508 g/mol. The number of rotatable bonds is 7. The second-order valence-electron chi connectivity index (χ2n) is 10.4. The summed E-state index contributed by atoms with van der Waals surface area (Å²) in [7, 11) is 2.11. The predicted octanol–water partition coefficient (Wildman–Crippen LogP) is 4.31. The number of carbonyl (C=O) groups is 1. The van der Waals surface area contributed by atoms with Gasteiger partial charge in [-0.15, -0.1) is 0 Å². The van der Waals surface area contributed by atoms with Gasteiger partial charge >= 0.3 is 6.18 Å². The molecule has 0 bridgehead atoms. The summed E-state index contributed by atoms with van der Waals surface area (Å²) in [4.78, 5) is 26.0.